The first kappa shape index (κ1) is 54.6. The van der Waals surface area contributed by atoms with Gasteiger partial charge in [0.05, 0.1) is 0 Å². The van der Waals surface area contributed by atoms with Crippen LogP contribution in [0.25, 0.3) is 0 Å². The van der Waals surface area contributed by atoms with E-state index in [2.05, 4.69) is 239 Å². The van der Waals surface area contributed by atoms with Crippen LogP contribution in [0, 0.1) is 0 Å². The number of benzene rings is 4. The summed E-state index contributed by atoms with van der Waals surface area (Å²) in [5.74, 6) is 0. The van der Waals surface area contributed by atoms with Gasteiger partial charge in [0.1, 0.15) is 11.2 Å². The van der Waals surface area contributed by atoms with E-state index in [9.17, 15) is 4.89 Å². The van der Waals surface area contributed by atoms with E-state index in [4.69, 9.17) is 9.05 Å². The highest BCUT2D eigenvalue weighted by molar-refractivity contribution is 7.47. The van der Waals surface area contributed by atoms with E-state index in [1.807, 2.05) is 13.8 Å². The van der Waals surface area contributed by atoms with Gasteiger partial charge in [-0.25, -0.2) is 4.57 Å². The first-order chi connectivity index (χ1) is 28.7. The molecule has 65 heavy (non-hydrogen) atoms. The molecule has 0 fully saturated rings. The van der Waals surface area contributed by atoms with Gasteiger partial charge in [-0.15, -0.1) is 0 Å². The summed E-state index contributed by atoms with van der Waals surface area (Å²) >= 11 is 0. The Hall–Kier alpha value is -3.01. The van der Waals surface area contributed by atoms with E-state index in [1.54, 1.807) is 0 Å². The van der Waals surface area contributed by atoms with Gasteiger partial charge in [0.2, 0.25) is 0 Å². The molecule has 1 N–H and O–H groups in total. The van der Waals surface area contributed by atoms with Crippen LogP contribution in [0.1, 0.15) is 247 Å². The first-order valence-corrected chi connectivity index (χ1v) is 25.6. The Labute approximate surface area is 398 Å². The molecule has 0 aliphatic rings. The lowest BCUT2D eigenvalue weighted by Crippen LogP contribution is -2.37. The zero-order chi connectivity index (χ0) is 50.3. The second-order valence-electron chi connectivity index (χ2n) is 27.8. The largest absolute Gasteiger partial charge is 0.474 e. The Morgan fingerprint density at radius 1 is 0.292 bits per heavy atom. The van der Waals surface area contributed by atoms with Crippen molar-refractivity contribution in [1.82, 2.24) is 0 Å². The van der Waals surface area contributed by atoms with Crippen LogP contribution in [0.5, 0.6) is 0 Å². The average Bonchev–Trinajstić information content (AvgIpc) is 3.10. The van der Waals surface area contributed by atoms with Gasteiger partial charge in [-0.3, -0.25) is 9.05 Å². The lowest BCUT2D eigenvalue weighted by Gasteiger charge is -2.43. The summed E-state index contributed by atoms with van der Waals surface area (Å²) in [6.07, 6.45) is 0. The Kier molecular flexibility index (Phi) is 14.4. The number of phosphoric ester groups is 1. The third kappa shape index (κ3) is 12.0. The normalized spacial score (nSPS) is 14.6. The standard InChI is InChI=1S/C60H91O4P/c1-51(2,3)39-27-31-43(47(35-39)55(13,14)15)59(25,44-32-28-40(52(4,5)6)36-48(44)56(16,17)18)63-65(61,62)64-60(26,45-33-29-41(53(7,8)9)37-49(45)57(19,20)21)46-34-30-42(54(10,11)12)38-50(46)58(22,23)24/h27-38H,1-26H3,(H,61,62). The van der Waals surface area contributed by atoms with Gasteiger partial charge in [-0.05, 0) is 124 Å². The summed E-state index contributed by atoms with van der Waals surface area (Å²) in [4.78, 5) is 13.1. The van der Waals surface area contributed by atoms with Crippen LogP contribution in [0.4, 0.5) is 0 Å². The molecule has 0 saturated carbocycles. The smallest absolute Gasteiger partial charge is 0.302 e. The molecule has 4 aromatic rings. The van der Waals surface area contributed by atoms with Crippen LogP contribution in [0.2, 0.25) is 0 Å². The fourth-order valence-corrected chi connectivity index (χ4v) is 10.5. The molecule has 4 rings (SSSR count). The van der Waals surface area contributed by atoms with E-state index in [1.165, 1.54) is 22.3 Å². The van der Waals surface area contributed by atoms with E-state index in [-0.39, 0.29) is 43.3 Å². The summed E-state index contributed by atoms with van der Waals surface area (Å²) in [6, 6.07) is 26.3. The summed E-state index contributed by atoms with van der Waals surface area (Å²) < 4.78 is 30.3. The van der Waals surface area contributed by atoms with Crippen molar-refractivity contribution < 1.29 is 18.5 Å². The topological polar surface area (TPSA) is 55.8 Å². The fourth-order valence-electron chi connectivity index (χ4n) is 9.16. The van der Waals surface area contributed by atoms with Gasteiger partial charge in [0.25, 0.3) is 0 Å². The highest BCUT2D eigenvalue weighted by atomic mass is 31.2. The number of hydrogen-bond acceptors (Lipinski definition) is 3. The van der Waals surface area contributed by atoms with Gasteiger partial charge in [0, 0.05) is 0 Å². The summed E-state index contributed by atoms with van der Waals surface area (Å²) in [5, 5.41) is 0. The molecule has 0 radical (unpaired) electrons. The van der Waals surface area contributed by atoms with Gasteiger partial charge in [-0.1, -0.05) is 239 Å². The molecule has 0 unspecified atom stereocenters. The van der Waals surface area contributed by atoms with Crippen molar-refractivity contribution in [3.63, 3.8) is 0 Å². The van der Waals surface area contributed by atoms with E-state index >= 15 is 4.57 Å². The second-order valence-corrected chi connectivity index (χ2v) is 29.1. The van der Waals surface area contributed by atoms with Gasteiger partial charge in [-0.2, -0.15) is 0 Å². The third-order valence-corrected chi connectivity index (χ3v) is 14.6. The molecular formula is C60H91O4P. The second kappa shape index (κ2) is 17.2. The van der Waals surface area contributed by atoms with Crippen LogP contribution in [-0.4, -0.2) is 4.89 Å². The Bertz CT molecular complexity index is 2090. The van der Waals surface area contributed by atoms with E-state index in [0.29, 0.717) is 0 Å². The van der Waals surface area contributed by atoms with Crippen LogP contribution in [-0.2, 0) is 68.1 Å². The molecule has 0 atom stereocenters. The molecule has 360 valence electrons. The van der Waals surface area contributed by atoms with Crippen LogP contribution in [0.15, 0.2) is 72.8 Å². The SMILES string of the molecule is CC(C)(C)c1ccc(C(C)(OP(=O)(O)OC(C)(c2ccc(C(C)(C)C)cc2C(C)(C)C)c2ccc(C(C)(C)C)cc2C(C)(C)C)c2ccc(C(C)(C)C)cc2C(C)(C)C)c(C(C)(C)C)c1. The van der Waals surface area contributed by atoms with Crippen LogP contribution in [0.3, 0.4) is 0 Å². The van der Waals surface area contributed by atoms with Gasteiger partial charge in [0.15, 0.2) is 0 Å². The minimum atomic E-state index is -5.06. The molecular weight excluding hydrogens is 816 g/mol. The van der Waals surface area contributed by atoms with Crippen molar-refractivity contribution in [3.8, 4) is 0 Å². The van der Waals surface area contributed by atoms with Crippen molar-refractivity contribution >= 4 is 7.82 Å². The molecule has 4 nitrogen and oxygen atoms in total. The maximum absolute atomic E-state index is 16.0. The van der Waals surface area contributed by atoms with Crippen molar-refractivity contribution in [2.24, 2.45) is 0 Å². The minimum absolute atomic E-state index is 0.126. The Morgan fingerprint density at radius 2 is 0.462 bits per heavy atom. The van der Waals surface area contributed by atoms with Crippen LogP contribution < -0.4 is 0 Å². The molecule has 0 amide bonds. The molecule has 0 heterocycles. The lowest BCUT2D eigenvalue weighted by atomic mass is 9.70. The molecule has 0 aliphatic heterocycles. The van der Waals surface area contributed by atoms with Gasteiger partial charge >= 0.3 is 7.82 Å². The molecule has 0 aliphatic carbocycles. The van der Waals surface area contributed by atoms with Crippen molar-refractivity contribution in [3.05, 3.63) is 140 Å². The zero-order valence-corrected chi connectivity index (χ0v) is 46.9. The Balaban J connectivity index is 2.24. The predicted octanol–water partition coefficient (Wildman–Crippen LogP) is 17.4. The number of rotatable bonds is 8. The predicted molar refractivity (Wildman–Crippen MR) is 280 cm³/mol. The molecule has 0 spiro atoms. The van der Waals surface area contributed by atoms with Crippen molar-refractivity contribution in [1.29, 1.82) is 0 Å². The first-order valence-electron chi connectivity index (χ1n) is 24.1. The minimum Gasteiger partial charge on any atom is -0.302 e. The van der Waals surface area contributed by atoms with Crippen LogP contribution >= 0.6 is 7.82 Å². The number of phosphoric acid groups is 1. The maximum atomic E-state index is 16.0. The monoisotopic (exact) mass is 907 g/mol. The molecule has 4 aromatic carbocycles. The van der Waals surface area contributed by atoms with Gasteiger partial charge < -0.3 is 4.89 Å². The maximum Gasteiger partial charge on any atom is 0.474 e. The Morgan fingerprint density at radius 3 is 0.600 bits per heavy atom. The molecule has 0 saturated heterocycles. The van der Waals surface area contributed by atoms with E-state index < -0.39 is 19.0 Å². The molecule has 5 heteroatoms. The summed E-state index contributed by atoms with van der Waals surface area (Å²) in [6.45, 7) is 57.2. The molecule has 0 aromatic heterocycles. The highest BCUT2D eigenvalue weighted by Gasteiger charge is 2.50. The lowest BCUT2D eigenvalue weighted by molar-refractivity contribution is 0.0146. The summed E-state index contributed by atoms with van der Waals surface area (Å²) in [5.41, 5.74) is 7.48. The quantitative estimate of drug-likeness (QED) is 0.179. The zero-order valence-electron chi connectivity index (χ0n) is 46.0. The average molecular weight is 907 g/mol. The van der Waals surface area contributed by atoms with E-state index in [0.717, 1.165) is 44.5 Å². The summed E-state index contributed by atoms with van der Waals surface area (Å²) in [7, 11) is -5.06. The van der Waals surface area contributed by atoms with Crippen molar-refractivity contribution in [2.75, 3.05) is 0 Å². The highest BCUT2D eigenvalue weighted by Crippen LogP contribution is 2.61. The fraction of sp³-hybridized carbons (Fsp3) is 0.600. The third-order valence-electron chi connectivity index (χ3n) is 13.4. The molecule has 0 bridgehead atoms. The van der Waals surface area contributed by atoms with Crippen molar-refractivity contribution in [2.45, 2.75) is 235 Å². The number of hydrogen-bond donors (Lipinski definition) is 1.